The van der Waals surface area contributed by atoms with Gasteiger partial charge in [-0.3, -0.25) is 0 Å². The molecule has 2 rings (SSSR count). The van der Waals surface area contributed by atoms with E-state index in [0.717, 1.165) is 18.2 Å². The molecule has 1 aromatic rings. The van der Waals surface area contributed by atoms with Crippen LogP contribution in [0, 0.1) is 11.8 Å². The standard InChI is InChI=1S/C16H25NO/c1-5-8-17-16-12(3)11(2)9-13-6-7-14(18-4)10-15(13)16/h6-7,10-12,16-17H,5,8-9H2,1-4H3. The highest BCUT2D eigenvalue weighted by Crippen LogP contribution is 2.39. The molecular weight excluding hydrogens is 222 g/mol. The zero-order valence-electron chi connectivity index (χ0n) is 12.0. The molecule has 3 atom stereocenters. The highest BCUT2D eigenvalue weighted by atomic mass is 16.5. The van der Waals surface area contributed by atoms with Crippen molar-refractivity contribution in [1.29, 1.82) is 0 Å². The minimum absolute atomic E-state index is 0.471. The fraction of sp³-hybridized carbons (Fsp3) is 0.625. The third-order valence-corrected chi connectivity index (χ3v) is 4.27. The largest absolute Gasteiger partial charge is 0.497 e. The van der Waals surface area contributed by atoms with Crippen LogP contribution in [0.25, 0.3) is 0 Å². The van der Waals surface area contributed by atoms with Crippen molar-refractivity contribution >= 4 is 0 Å². The van der Waals surface area contributed by atoms with Crippen molar-refractivity contribution < 1.29 is 4.74 Å². The fourth-order valence-corrected chi connectivity index (χ4v) is 2.92. The van der Waals surface area contributed by atoms with Crippen LogP contribution in [0.3, 0.4) is 0 Å². The Kier molecular flexibility index (Phi) is 4.28. The smallest absolute Gasteiger partial charge is 0.119 e. The Bertz CT molecular complexity index is 402. The van der Waals surface area contributed by atoms with Gasteiger partial charge in [-0.25, -0.2) is 0 Å². The highest BCUT2D eigenvalue weighted by molar-refractivity contribution is 5.40. The van der Waals surface area contributed by atoms with Gasteiger partial charge in [-0.15, -0.1) is 0 Å². The van der Waals surface area contributed by atoms with Gasteiger partial charge >= 0.3 is 0 Å². The molecule has 0 spiro atoms. The van der Waals surface area contributed by atoms with Crippen LogP contribution in [-0.4, -0.2) is 13.7 Å². The first-order chi connectivity index (χ1) is 8.67. The van der Waals surface area contributed by atoms with Crippen molar-refractivity contribution in [1.82, 2.24) is 5.32 Å². The Morgan fingerprint density at radius 3 is 2.78 bits per heavy atom. The summed E-state index contributed by atoms with van der Waals surface area (Å²) in [6, 6.07) is 7.00. The van der Waals surface area contributed by atoms with Gasteiger partial charge in [0.25, 0.3) is 0 Å². The maximum atomic E-state index is 5.37. The van der Waals surface area contributed by atoms with E-state index in [1.165, 1.54) is 24.0 Å². The Morgan fingerprint density at radius 2 is 2.11 bits per heavy atom. The number of hydrogen-bond acceptors (Lipinski definition) is 2. The molecule has 0 bridgehead atoms. The minimum atomic E-state index is 0.471. The molecule has 100 valence electrons. The highest BCUT2D eigenvalue weighted by Gasteiger charge is 2.31. The van der Waals surface area contributed by atoms with Crippen molar-refractivity contribution in [2.24, 2.45) is 11.8 Å². The van der Waals surface area contributed by atoms with Crippen molar-refractivity contribution in [2.75, 3.05) is 13.7 Å². The molecule has 0 saturated carbocycles. The van der Waals surface area contributed by atoms with Crippen molar-refractivity contribution in [3.05, 3.63) is 29.3 Å². The Morgan fingerprint density at radius 1 is 1.33 bits per heavy atom. The molecule has 1 aromatic carbocycles. The zero-order valence-corrected chi connectivity index (χ0v) is 12.0. The zero-order chi connectivity index (χ0) is 13.1. The van der Waals surface area contributed by atoms with Gasteiger partial charge in [-0.1, -0.05) is 26.8 Å². The lowest BCUT2D eigenvalue weighted by Crippen LogP contribution is -2.35. The van der Waals surface area contributed by atoms with Crippen LogP contribution < -0.4 is 10.1 Å². The number of nitrogens with one attached hydrogen (secondary N) is 1. The summed E-state index contributed by atoms with van der Waals surface area (Å²) < 4.78 is 5.37. The van der Waals surface area contributed by atoms with E-state index in [1.807, 2.05) is 0 Å². The lowest BCUT2D eigenvalue weighted by Gasteiger charge is -2.37. The Hall–Kier alpha value is -1.02. The van der Waals surface area contributed by atoms with Crippen LogP contribution in [0.5, 0.6) is 5.75 Å². The summed E-state index contributed by atoms with van der Waals surface area (Å²) in [5, 5.41) is 3.70. The summed E-state index contributed by atoms with van der Waals surface area (Å²) in [6.45, 7) is 8.02. The van der Waals surface area contributed by atoms with Crippen LogP contribution in [0.4, 0.5) is 0 Å². The van der Waals surface area contributed by atoms with E-state index in [4.69, 9.17) is 4.74 Å². The summed E-state index contributed by atoms with van der Waals surface area (Å²) in [5.41, 5.74) is 2.92. The molecule has 18 heavy (non-hydrogen) atoms. The molecule has 2 nitrogen and oxygen atoms in total. The van der Waals surface area contributed by atoms with Gasteiger partial charge in [0, 0.05) is 6.04 Å². The van der Waals surface area contributed by atoms with E-state index in [9.17, 15) is 0 Å². The van der Waals surface area contributed by atoms with Crippen LogP contribution >= 0.6 is 0 Å². The van der Waals surface area contributed by atoms with Crippen LogP contribution in [-0.2, 0) is 6.42 Å². The van der Waals surface area contributed by atoms with Crippen molar-refractivity contribution in [3.63, 3.8) is 0 Å². The number of ether oxygens (including phenoxy) is 1. The first kappa shape index (κ1) is 13.4. The van der Waals surface area contributed by atoms with Gasteiger partial charge in [-0.05, 0) is 54.5 Å². The topological polar surface area (TPSA) is 21.3 Å². The van der Waals surface area contributed by atoms with Gasteiger partial charge in [0.15, 0.2) is 0 Å². The Balaban J connectivity index is 2.33. The normalized spacial score (nSPS) is 26.8. The molecular formula is C16H25NO. The van der Waals surface area contributed by atoms with Gasteiger partial charge in [0.05, 0.1) is 7.11 Å². The van der Waals surface area contributed by atoms with E-state index in [2.05, 4.69) is 44.3 Å². The number of methoxy groups -OCH3 is 1. The maximum Gasteiger partial charge on any atom is 0.119 e. The molecule has 3 unspecified atom stereocenters. The van der Waals surface area contributed by atoms with Crippen molar-refractivity contribution in [2.45, 2.75) is 39.7 Å². The van der Waals surface area contributed by atoms with Gasteiger partial charge in [0.2, 0.25) is 0 Å². The van der Waals surface area contributed by atoms with E-state index in [-0.39, 0.29) is 0 Å². The third kappa shape index (κ3) is 2.54. The lowest BCUT2D eigenvalue weighted by atomic mass is 9.74. The second-order valence-electron chi connectivity index (χ2n) is 5.54. The molecule has 0 radical (unpaired) electrons. The molecule has 0 aromatic heterocycles. The molecule has 0 heterocycles. The molecule has 0 fully saturated rings. The van der Waals surface area contributed by atoms with Gasteiger partial charge < -0.3 is 10.1 Å². The molecule has 1 aliphatic rings. The van der Waals surface area contributed by atoms with E-state index in [1.54, 1.807) is 7.11 Å². The predicted molar refractivity (Wildman–Crippen MR) is 76.1 cm³/mol. The molecule has 2 heteroatoms. The maximum absolute atomic E-state index is 5.37. The molecule has 0 amide bonds. The van der Waals surface area contributed by atoms with E-state index >= 15 is 0 Å². The second-order valence-corrected chi connectivity index (χ2v) is 5.54. The third-order valence-electron chi connectivity index (χ3n) is 4.27. The van der Waals surface area contributed by atoms with Crippen LogP contribution in [0.1, 0.15) is 44.4 Å². The SMILES string of the molecule is CCCNC1c2cc(OC)ccc2CC(C)C1C. The summed E-state index contributed by atoms with van der Waals surface area (Å²) in [6.07, 6.45) is 2.36. The number of benzene rings is 1. The van der Waals surface area contributed by atoms with Crippen LogP contribution in [0.15, 0.2) is 18.2 Å². The van der Waals surface area contributed by atoms with Crippen molar-refractivity contribution in [3.8, 4) is 5.75 Å². The quantitative estimate of drug-likeness (QED) is 0.878. The molecule has 1 N–H and O–H groups in total. The minimum Gasteiger partial charge on any atom is -0.497 e. The number of hydrogen-bond donors (Lipinski definition) is 1. The summed E-state index contributed by atoms with van der Waals surface area (Å²) in [5.74, 6) is 2.38. The average molecular weight is 247 g/mol. The van der Waals surface area contributed by atoms with Gasteiger partial charge in [0.1, 0.15) is 5.75 Å². The first-order valence-corrected chi connectivity index (χ1v) is 7.07. The van der Waals surface area contributed by atoms with Gasteiger partial charge in [-0.2, -0.15) is 0 Å². The van der Waals surface area contributed by atoms with Crippen LogP contribution in [0.2, 0.25) is 0 Å². The average Bonchev–Trinajstić information content (AvgIpc) is 2.39. The second kappa shape index (κ2) is 5.75. The first-order valence-electron chi connectivity index (χ1n) is 7.07. The molecule has 1 aliphatic carbocycles. The Labute approximate surface area is 111 Å². The summed E-state index contributed by atoms with van der Waals surface area (Å²) >= 11 is 0. The number of fused-ring (bicyclic) bond motifs is 1. The van der Waals surface area contributed by atoms with E-state index in [0.29, 0.717) is 12.0 Å². The number of rotatable bonds is 4. The van der Waals surface area contributed by atoms with E-state index < -0.39 is 0 Å². The summed E-state index contributed by atoms with van der Waals surface area (Å²) in [4.78, 5) is 0. The molecule has 0 saturated heterocycles. The fourth-order valence-electron chi connectivity index (χ4n) is 2.92. The molecule has 0 aliphatic heterocycles. The monoisotopic (exact) mass is 247 g/mol. The predicted octanol–water partition coefficient (Wildman–Crippen LogP) is 3.56. The summed E-state index contributed by atoms with van der Waals surface area (Å²) in [7, 11) is 1.74. The lowest BCUT2D eigenvalue weighted by molar-refractivity contribution is 0.263.